The normalized spacial score (nSPS) is 11.8. The van der Waals surface area contributed by atoms with Crippen LogP contribution in [0, 0.1) is 5.82 Å². The van der Waals surface area contributed by atoms with Crippen molar-refractivity contribution < 1.29 is 9.18 Å². The third kappa shape index (κ3) is 4.39. The van der Waals surface area contributed by atoms with E-state index in [2.05, 4.69) is 15.5 Å². The molecular weight excluding hydrogens is 371 g/mol. The third-order valence-corrected chi connectivity index (χ3v) is 5.63. The molecule has 26 heavy (non-hydrogen) atoms. The summed E-state index contributed by atoms with van der Waals surface area (Å²) in [6, 6.07) is 15.8. The fraction of sp³-hybridized carbons (Fsp3) is 0.167. The number of thioether (sulfide) groups is 1. The predicted octanol–water partition coefficient (Wildman–Crippen LogP) is 4.56. The molecule has 1 N–H and O–H groups in total. The number of benzene rings is 2. The Morgan fingerprint density at radius 3 is 2.58 bits per heavy atom. The maximum absolute atomic E-state index is 13.7. The Kier molecular flexibility index (Phi) is 5.85. The summed E-state index contributed by atoms with van der Waals surface area (Å²) < 4.78 is 14.3. The van der Waals surface area contributed by atoms with Gasteiger partial charge in [0.25, 0.3) is 0 Å². The fourth-order valence-corrected chi connectivity index (χ4v) is 4.24. The fourth-order valence-electron chi connectivity index (χ4n) is 2.24. The molecule has 1 heterocycles. The summed E-state index contributed by atoms with van der Waals surface area (Å²) >= 11 is 2.61. The number of nitrogens with zero attached hydrogens (tertiary/aromatic N) is 3. The number of hydrogen-bond donors (Lipinski definition) is 1. The molecule has 0 unspecified atom stereocenters. The molecule has 1 amide bonds. The molecule has 0 spiro atoms. The van der Waals surface area contributed by atoms with E-state index in [0.717, 1.165) is 5.69 Å². The van der Waals surface area contributed by atoms with Crippen LogP contribution in [0.15, 0.2) is 58.9 Å². The van der Waals surface area contributed by atoms with Crippen LogP contribution in [0.5, 0.6) is 0 Å². The minimum Gasteiger partial charge on any atom is -0.328 e. The number of amides is 1. The van der Waals surface area contributed by atoms with Crippen molar-refractivity contribution in [2.75, 3.05) is 17.3 Å². The Morgan fingerprint density at radius 2 is 1.85 bits per heavy atom. The van der Waals surface area contributed by atoms with Gasteiger partial charge in [0.2, 0.25) is 11.0 Å². The molecule has 0 aliphatic carbocycles. The molecule has 0 saturated carbocycles. The lowest BCUT2D eigenvalue weighted by atomic mass is 10.3. The number of hydrogen-bond acceptors (Lipinski definition) is 6. The first kappa shape index (κ1) is 18.3. The van der Waals surface area contributed by atoms with Crippen molar-refractivity contribution in [3.05, 3.63) is 60.4 Å². The molecule has 3 aromatic rings. The minimum absolute atomic E-state index is 0.0278. The molecule has 0 aliphatic heterocycles. The standard InChI is InChI=1S/C18H17FN4OS2/c1-12(16(24)23(2)13-8-4-3-5-9-13)25-18-22-21-17(26-18)20-15-11-7-6-10-14(15)19/h3-12H,1-2H3,(H,20,21)/t12-/m1/s1. The van der Waals surface area contributed by atoms with Gasteiger partial charge in [-0.3, -0.25) is 4.79 Å². The lowest BCUT2D eigenvalue weighted by Gasteiger charge is -2.20. The summed E-state index contributed by atoms with van der Waals surface area (Å²) in [4.78, 5) is 14.2. The molecule has 5 nitrogen and oxygen atoms in total. The van der Waals surface area contributed by atoms with Crippen LogP contribution in [0.2, 0.25) is 0 Å². The first-order chi connectivity index (χ1) is 12.5. The van der Waals surface area contributed by atoms with E-state index in [-0.39, 0.29) is 17.0 Å². The van der Waals surface area contributed by atoms with E-state index >= 15 is 0 Å². The van der Waals surface area contributed by atoms with Crippen LogP contribution in [0.3, 0.4) is 0 Å². The van der Waals surface area contributed by atoms with E-state index in [1.807, 2.05) is 37.3 Å². The summed E-state index contributed by atoms with van der Waals surface area (Å²) in [5.74, 6) is -0.384. The quantitative estimate of drug-likeness (QED) is 0.627. The van der Waals surface area contributed by atoms with Crippen molar-refractivity contribution in [3.63, 3.8) is 0 Å². The number of rotatable bonds is 6. The second-order valence-corrected chi connectivity index (χ2v) is 8.04. The van der Waals surface area contributed by atoms with Gasteiger partial charge in [-0.15, -0.1) is 10.2 Å². The Hall–Kier alpha value is -2.45. The first-order valence-electron chi connectivity index (χ1n) is 7.89. The van der Waals surface area contributed by atoms with Crippen LogP contribution >= 0.6 is 23.1 Å². The summed E-state index contributed by atoms with van der Waals surface area (Å²) in [7, 11) is 1.75. The zero-order valence-corrected chi connectivity index (χ0v) is 15.9. The molecule has 1 aromatic heterocycles. The lowest BCUT2D eigenvalue weighted by Crippen LogP contribution is -2.33. The monoisotopic (exact) mass is 388 g/mol. The van der Waals surface area contributed by atoms with Crippen LogP contribution in [0.1, 0.15) is 6.92 Å². The van der Waals surface area contributed by atoms with E-state index in [9.17, 15) is 9.18 Å². The highest BCUT2D eigenvalue weighted by atomic mass is 32.2. The molecular formula is C18H17FN4OS2. The Labute approximate surface area is 159 Å². The highest BCUT2D eigenvalue weighted by molar-refractivity contribution is 8.02. The molecule has 2 aromatic carbocycles. The SMILES string of the molecule is C[C@@H](Sc1nnc(Nc2ccccc2F)s1)C(=O)N(C)c1ccccc1. The third-order valence-electron chi connectivity index (χ3n) is 3.62. The number of nitrogens with one attached hydrogen (secondary N) is 1. The number of anilines is 3. The van der Waals surface area contributed by atoms with E-state index in [1.54, 1.807) is 30.1 Å². The number of carbonyl (C=O) groups is 1. The van der Waals surface area contributed by atoms with Gasteiger partial charge in [0.05, 0.1) is 10.9 Å². The predicted molar refractivity (Wildman–Crippen MR) is 105 cm³/mol. The molecule has 3 rings (SSSR count). The highest BCUT2D eigenvalue weighted by Gasteiger charge is 2.21. The molecule has 1 atom stereocenters. The zero-order valence-electron chi connectivity index (χ0n) is 14.2. The van der Waals surface area contributed by atoms with Gasteiger partial charge in [-0.05, 0) is 31.2 Å². The van der Waals surface area contributed by atoms with Gasteiger partial charge in [0, 0.05) is 12.7 Å². The largest absolute Gasteiger partial charge is 0.328 e. The molecule has 0 aliphatic rings. The van der Waals surface area contributed by atoms with Gasteiger partial charge in [-0.25, -0.2) is 4.39 Å². The van der Waals surface area contributed by atoms with Gasteiger partial charge < -0.3 is 10.2 Å². The smallest absolute Gasteiger partial charge is 0.240 e. The van der Waals surface area contributed by atoms with Crippen molar-refractivity contribution in [3.8, 4) is 0 Å². The lowest BCUT2D eigenvalue weighted by molar-refractivity contribution is -0.117. The van der Waals surface area contributed by atoms with Crippen LogP contribution in [0.4, 0.5) is 20.9 Å². The number of para-hydroxylation sites is 2. The topological polar surface area (TPSA) is 58.1 Å². The van der Waals surface area contributed by atoms with Crippen LogP contribution < -0.4 is 10.2 Å². The summed E-state index contributed by atoms with van der Waals surface area (Å²) in [5.41, 5.74) is 1.18. The minimum atomic E-state index is -0.357. The van der Waals surface area contributed by atoms with Crippen molar-refractivity contribution >= 4 is 45.5 Å². The van der Waals surface area contributed by atoms with E-state index in [1.165, 1.54) is 29.2 Å². The second kappa shape index (κ2) is 8.29. The van der Waals surface area contributed by atoms with Crippen molar-refractivity contribution in [1.29, 1.82) is 0 Å². The van der Waals surface area contributed by atoms with Gasteiger partial charge in [0.1, 0.15) is 5.82 Å². The zero-order chi connectivity index (χ0) is 18.5. The maximum Gasteiger partial charge on any atom is 0.240 e. The van der Waals surface area contributed by atoms with E-state index in [0.29, 0.717) is 15.2 Å². The Bertz CT molecular complexity index is 888. The molecule has 8 heteroatoms. The maximum atomic E-state index is 13.7. The first-order valence-corrected chi connectivity index (χ1v) is 9.58. The number of aromatic nitrogens is 2. The van der Waals surface area contributed by atoms with Gasteiger partial charge in [-0.1, -0.05) is 53.4 Å². The van der Waals surface area contributed by atoms with Gasteiger partial charge in [-0.2, -0.15) is 0 Å². The summed E-state index contributed by atoms with van der Waals surface area (Å²) in [6.45, 7) is 1.83. The summed E-state index contributed by atoms with van der Waals surface area (Å²) in [6.07, 6.45) is 0. The van der Waals surface area contributed by atoms with Crippen molar-refractivity contribution in [2.45, 2.75) is 16.5 Å². The molecule has 0 fully saturated rings. The molecule has 134 valence electrons. The van der Waals surface area contributed by atoms with Crippen LogP contribution in [-0.2, 0) is 4.79 Å². The van der Waals surface area contributed by atoms with Gasteiger partial charge in [0.15, 0.2) is 4.34 Å². The average Bonchev–Trinajstić information content (AvgIpc) is 3.10. The van der Waals surface area contributed by atoms with E-state index in [4.69, 9.17) is 0 Å². The van der Waals surface area contributed by atoms with E-state index < -0.39 is 0 Å². The Morgan fingerprint density at radius 1 is 1.15 bits per heavy atom. The molecule has 0 bridgehead atoms. The summed E-state index contributed by atoms with van der Waals surface area (Å²) in [5, 5.41) is 11.1. The van der Waals surface area contributed by atoms with Crippen molar-refractivity contribution in [1.82, 2.24) is 10.2 Å². The number of halogens is 1. The van der Waals surface area contributed by atoms with Crippen molar-refractivity contribution in [2.24, 2.45) is 0 Å². The Balaban J connectivity index is 1.63. The molecule has 0 radical (unpaired) electrons. The number of carbonyl (C=O) groups excluding carboxylic acids is 1. The van der Waals surface area contributed by atoms with Crippen LogP contribution in [-0.4, -0.2) is 28.4 Å². The van der Waals surface area contributed by atoms with Gasteiger partial charge >= 0.3 is 0 Å². The second-order valence-electron chi connectivity index (χ2n) is 5.47. The average molecular weight is 388 g/mol. The molecule has 0 saturated heterocycles. The van der Waals surface area contributed by atoms with Crippen LogP contribution in [0.25, 0.3) is 0 Å². The highest BCUT2D eigenvalue weighted by Crippen LogP contribution is 2.31.